The zero-order valence-corrected chi connectivity index (χ0v) is 15.9. The number of fused-ring (bicyclic) bond motifs is 2. The lowest BCUT2D eigenvalue weighted by Crippen LogP contribution is -2.47. The van der Waals surface area contributed by atoms with Crippen molar-refractivity contribution in [3.63, 3.8) is 0 Å². The van der Waals surface area contributed by atoms with Gasteiger partial charge in [-0.05, 0) is 56.4 Å². The third kappa shape index (κ3) is 2.77. The summed E-state index contributed by atoms with van der Waals surface area (Å²) in [4.78, 5) is 28.1. The molecule has 5 heteroatoms. The van der Waals surface area contributed by atoms with Crippen molar-refractivity contribution in [2.75, 3.05) is 24.7 Å². The summed E-state index contributed by atoms with van der Waals surface area (Å²) in [5.41, 5.74) is 3.69. The van der Waals surface area contributed by atoms with E-state index in [0.29, 0.717) is 42.4 Å². The number of carbonyl (C=O) groups excluding carboxylic acids is 2. The minimum Gasteiger partial charge on any atom is -0.338 e. The molecule has 0 unspecified atom stereocenters. The summed E-state index contributed by atoms with van der Waals surface area (Å²) in [6.45, 7) is 3.59. The number of hydrogen-bond donors (Lipinski definition) is 0. The van der Waals surface area contributed by atoms with Crippen LogP contribution in [0.1, 0.15) is 46.3 Å². The normalized spacial score (nSPS) is 20.5. The molecule has 2 fully saturated rings. The first-order valence-electron chi connectivity index (χ1n) is 9.94. The van der Waals surface area contributed by atoms with Crippen LogP contribution in [0.4, 0.5) is 5.69 Å². The molecule has 1 saturated heterocycles. The van der Waals surface area contributed by atoms with Gasteiger partial charge in [0.25, 0.3) is 11.7 Å². The van der Waals surface area contributed by atoms with Gasteiger partial charge in [0.1, 0.15) is 0 Å². The van der Waals surface area contributed by atoms with E-state index >= 15 is 0 Å². The highest BCUT2D eigenvalue weighted by Gasteiger charge is 2.55. The van der Waals surface area contributed by atoms with E-state index in [4.69, 9.17) is 9.47 Å². The number of ether oxygens (including phenoxy) is 2. The summed E-state index contributed by atoms with van der Waals surface area (Å²) in [5, 5.41) is 0. The van der Waals surface area contributed by atoms with E-state index in [2.05, 4.69) is 0 Å². The van der Waals surface area contributed by atoms with Crippen LogP contribution in [0.25, 0.3) is 0 Å². The predicted molar refractivity (Wildman–Crippen MR) is 104 cm³/mol. The van der Waals surface area contributed by atoms with Crippen LogP contribution in [0.15, 0.2) is 42.5 Å². The lowest BCUT2D eigenvalue weighted by Gasteiger charge is -2.32. The molecule has 5 rings (SSSR count). The Morgan fingerprint density at radius 1 is 1.11 bits per heavy atom. The van der Waals surface area contributed by atoms with Crippen LogP contribution >= 0.6 is 0 Å². The summed E-state index contributed by atoms with van der Waals surface area (Å²) in [5.74, 6) is -1.07. The minimum atomic E-state index is -1.40. The summed E-state index contributed by atoms with van der Waals surface area (Å²) in [7, 11) is 0. The first-order chi connectivity index (χ1) is 13.6. The van der Waals surface area contributed by atoms with Crippen LogP contribution in [0.3, 0.4) is 0 Å². The fourth-order valence-corrected chi connectivity index (χ4v) is 4.08. The molecule has 2 aliphatic heterocycles. The highest BCUT2D eigenvalue weighted by atomic mass is 16.7. The molecule has 0 aromatic heterocycles. The van der Waals surface area contributed by atoms with Crippen LogP contribution in [-0.4, -0.2) is 31.4 Å². The van der Waals surface area contributed by atoms with E-state index in [1.165, 1.54) is 0 Å². The average Bonchev–Trinajstić information content (AvgIpc) is 3.52. The quantitative estimate of drug-likeness (QED) is 0.765. The Bertz CT molecular complexity index is 957. The predicted octanol–water partition coefficient (Wildman–Crippen LogP) is 3.57. The second-order valence-electron chi connectivity index (χ2n) is 7.96. The maximum Gasteiger partial charge on any atom is 0.292 e. The van der Waals surface area contributed by atoms with Gasteiger partial charge in [-0.2, -0.15) is 0 Å². The van der Waals surface area contributed by atoms with Crippen molar-refractivity contribution in [2.24, 2.45) is 5.92 Å². The number of hydrogen-bond acceptors (Lipinski definition) is 4. The molecule has 1 amide bonds. The van der Waals surface area contributed by atoms with Gasteiger partial charge in [0.05, 0.1) is 18.9 Å². The van der Waals surface area contributed by atoms with Crippen LogP contribution in [-0.2, 0) is 20.1 Å². The number of ketones is 1. The van der Waals surface area contributed by atoms with Crippen molar-refractivity contribution >= 4 is 17.4 Å². The smallest absolute Gasteiger partial charge is 0.292 e. The zero-order valence-electron chi connectivity index (χ0n) is 15.9. The van der Waals surface area contributed by atoms with Gasteiger partial charge in [-0.1, -0.05) is 23.8 Å². The van der Waals surface area contributed by atoms with Crippen LogP contribution in [0, 0.1) is 12.8 Å². The van der Waals surface area contributed by atoms with Crippen molar-refractivity contribution in [1.82, 2.24) is 0 Å². The van der Waals surface area contributed by atoms with Gasteiger partial charge in [-0.15, -0.1) is 0 Å². The topological polar surface area (TPSA) is 55.8 Å². The summed E-state index contributed by atoms with van der Waals surface area (Å²) >= 11 is 0. The number of rotatable bonds is 4. The molecule has 1 aliphatic carbocycles. The maximum atomic E-state index is 13.3. The number of nitrogens with zero attached hydrogens (tertiary/aromatic N) is 1. The molecule has 0 bridgehead atoms. The molecule has 2 aromatic carbocycles. The molecule has 2 aromatic rings. The molecule has 0 N–H and O–H groups in total. The molecular weight excluding hydrogens is 354 g/mol. The van der Waals surface area contributed by atoms with Gasteiger partial charge in [-0.25, -0.2) is 0 Å². The Morgan fingerprint density at radius 2 is 1.86 bits per heavy atom. The molecular formula is C23H23NO4. The molecule has 0 atom stereocenters. The Kier molecular flexibility index (Phi) is 4.11. The summed E-state index contributed by atoms with van der Waals surface area (Å²) in [6.07, 6.45) is 3.06. The van der Waals surface area contributed by atoms with E-state index in [1.807, 2.05) is 37.3 Å². The molecule has 0 radical (unpaired) electrons. The number of aryl methyl sites for hydroxylation is 1. The SMILES string of the molecule is Cc1cccc(C(=O)c2ccc3c(c2)C2(OCCCO2)C(=O)N3CC2CC2)c1. The molecule has 28 heavy (non-hydrogen) atoms. The Hall–Kier alpha value is -2.50. The monoisotopic (exact) mass is 377 g/mol. The molecule has 144 valence electrons. The molecule has 1 spiro atoms. The van der Waals surface area contributed by atoms with Gasteiger partial charge in [0, 0.05) is 23.2 Å². The molecule has 1 saturated carbocycles. The van der Waals surface area contributed by atoms with Crippen molar-refractivity contribution < 1.29 is 19.1 Å². The van der Waals surface area contributed by atoms with Crippen molar-refractivity contribution in [3.8, 4) is 0 Å². The molecule has 3 aliphatic rings. The number of benzene rings is 2. The lowest BCUT2D eigenvalue weighted by atomic mass is 9.97. The van der Waals surface area contributed by atoms with Gasteiger partial charge in [0.15, 0.2) is 5.78 Å². The fourth-order valence-electron chi connectivity index (χ4n) is 4.08. The van der Waals surface area contributed by atoms with Crippen LogP contribution < -0.4 is 4.90 Å². The van der Waals surface area contributed by atoms with E-state index in [9.17, 15) is 9.59 Å². The fraction of sp³-hybridized carbons (Fsp3) is 0.391. The second-order valence-corrected chi connectivity index (χ2v) is 7.96. The molecule has 2 heterocycles. The Balaban J connectivity index is 1.57. The Labute approximate surface area is 164 Å². The minimum absolute atomic E-state index is 0.0643. The van der Waals surface area contributed by atoms with E-state index < -0.39 is 5.79 Å². The lowest BCUT2D eigenvalue weighted by molar-refractivity contribution is -0.256. The Morgan fingerprint density at radius 3 is 2.57 bits per heavy atom. The third-order valence-electron chi connectivity index (χ3n) is 5.75. The third-order valence-corrected chi connectivity index (χ3v) is 5.75. The van der Waals surface area contributed by atoms with Crippen molar-refractivity contribution in [2.45, 2.75) is 32.0 Å². The van der Waals surface area contributed by atoms with Gasteiger partial charge >= 0.3 is 0 Å². The summed E-state index contributed by atoms with van der Waals surface area (Å²) < 4.78 is 11.9. The number of carbonyl (C=O) groups is 2. The first kappa shape index (κ1) is 17.6. The number of anilines is 1. The van der Waals surface area contributed by atoms with Crippen molar-refractivity contribution in [1.29, 1.82) is 0 Å². The standard InChI is InChI=1S/C23H23NO4/c1-15-4-2-5-17(12-15)21(25)18-8-9-20-19(13-18)23(27-10-3-11-28-23)22(26)24(20)14-16-6-7-16/h2,4-5,8-9,12-13,16H,3,6-7,10-11,14H2,1H3. The largest absolute Gasteiger partial charge is 0.338 e. The maximum absolute atomic E-state index is 13.3. The van der Waals surface area contributed by atoms with Crippen LogP contribution in [0.2, 0.25) is 0 Å². The van der Waals surface area contributed by atoms with Crippen LogP contribution in [0.5, 0.6) is 0 Å². The van der Waals surface area contributed by atoms with Gasteiger partial charge in [0.2, 0.25) is 0 Å². The molecule has 5 nitrogen and oxygen atoms in total. The zero-order chi connectivity index (χ0) is 19.3. The van der Waals surface area contributed by atoms with E-state index in [1.54, 1.807) is 17.0 Å². The van der Waals surface area contributed by atoms with Crippen molar-refractivity contribution in [3.05, 3.63) is 64.7 Å². The first-order valence-corrected chi connectivity index (χ1v) is 9.94. The second kappa shape index (κ2) is 6.54. The average molecular weight is 377 g/mol. The number of amides is 1. The highest BCUT2D eigenvalue weighted by Crippen LogP contribution is 2.47. The highest BCUT2D eigenvalue weighted by molar-refractivity contribution is 6.11. The summed E-state index contributed by atoms with van der Waals surface area (Å²) in [6, 6.07) is 13.0. The van der Waals surface area contributed by atoms with Gasteiger partial charge < -0.3 is 14.4 Å². The van der Waals surface area contributed by atoms with E-state index in [-0.39, 0.29) is 11.7 Å². The van der Waals surface area contributed by atoms with E-state index in [0.717, 1.165) is 30.5 Å². The van der Waals surface area contributed by atoms with Gasteiger partial charge in [-0.3, -0.25) is 9.59 Å².